The second-order valence-corrected chi connectivity index (χ2v) is 5.09. The summed E-state index contributed by atoms with van der Waals surface area (Å²) in [6, 6.07) is 15.1. The molecule has 0 amide bonds. The Hall–Kier alpha value is -1.49. The average molecular weight is 334 g/mol. The Balaban J connectivity index is 2.14. The lowest BCUT2D eigenvalue weighted by Crippen LogP contribution is -1.71. The van der Waals surface area contributed by atoms with Gasteiger partial charge in [-0.25, -0.2) is 0 Å². The number of hydrogen-bond donors (Lipinski definition) is 1. The number of hydrogen-bond acceptors (Lipinski definition) is 2. The molecule has 0 unspecified atom stereocenters. The van der Waals surface area contributed by atoms with Crippen LogP contribution in [-0.2, 0) is 0 Å². The van der Waals surface area contributed by atoms with E-state index < -0.39 is 0 Å². The molecule has 0 radical (unpaired) electrons. The number of aromatic hydroxyl groups is 1. The van der Waals surface area contributed by atoms with E-state index in [-0.39, 0.29) is 5.75 Å². The van der Waals surface area contributed by atoms with Crippen LogP contribution in [0.2, 0.25) is 0 Å². The molecule has 2 aromatic carbocycles. The summed E-state index contributed by atoms with van der Waals surface area (Å²) in [6.07, 6.45) is 0. The number of rotatable bonds is 1. The van der Waals surface area contributed by atoms with Gasteiger partial charge in [-0.15, -0.1) is 0 Å². The van der Waals surface area contributed by atoms with Crippen LogP contribution in [0.4, 0.5) is 0 Å². The van der Waals surface area contributed by atoms with Crippen LogP contribution in [-0.4, -0.2) is 5.11 Å². The van der Waals surface area contributed by atoms with Crippen molar-refractivity contribution in [2.24, 2.45) is 0 Å². The molecule has 0 spiro atoms. The van der Waals surface area contributed by atoms with Gasteiger partial charge in [-0.3, -0.25) is 0 Å². The molecule has 0 aliphatic heterocycles. The first-order valence-electron chi connectivity index (χ1n) is 5.21. The van der Waals surface area contributed by atoms with E-state index in [2.05, 4.69) is 28.7 Å². The Kier molecular flexibility index (Phi) is 2.55. The van der Waals surface area contributed by atoms with Gasteiger partial charge in [0, 0.05) is 14.5 Å². The minimum atomic E-state index is 0.263. The first-order chi connectivity index (χ1) is 8.22. The van der Waals surface area contributed by atoms with Crippen molar-refractivity contribution < 1.29 is 9.52 Å². The number of benzene rings is 2. The van der Waals surface area contributed by atoms with Crippen molar-refractivity contribution in [1.29, 1.82) is 0 Å². The van der Waals surface area contributed by atoms with Crippen LogP contribution in [0, 0.1) is 3.57 Å². The molecule has 3 aromatic rings. The van der Waals surface area contributed by atoms with Gasteiger partial charge in [-0.1, -0.05) is 0 Å². The number of phenols is 1. The van der Waals surface area contributed by atoms with E-state index in [4.69, 9.17) is 4.42 Å². The largest absolute Gasteiger partial charge is 0.508 e. The molecule has 1 aromatic heterocycles. The maximum atomic E-state index is 9.25. The SMILES string of the molecule is Oc1ccc(-c2cc3cc([125I])ccc3o2)cc1. The van der Waals surface area contributed by atoms with Crippen LogP contribution >= 0.6 is 22.6 Å². The maximum Gasteiger partial charge on any atom is 0.135 e. The van der Waals surface area contributed by atoms with Crippen LogP contribution in [0.5, 0.6) is 5.75 Å². The molecule has 2 nitrogen and oxygen atoms in total. The average Bonchev–Trinajstić information content (AvgIpc) is 2.72. The standard InChI is InChI=1S/C14H9IO2/c15-11-3-6-13-10(7-11)8-14(17-13)9-1-4-12(16)5-2-9/h1-8,16H/i15-2. The normalized spacial score (nSPS) is 10.9. The highest BCUT2D eigenvalue weighted by Crippen LogP contribution is 2.29. The zero-order chi connectivity index (χ0) is 11.8. The second-order valence-electron chi connectivity index (χ2n) is 3.84. The molecule has 0 fully saturated rings. The first-order valence-corrected chi connectivity index (χ1v) is 6.29. The Morgan fingerprint density at radius 2 is 1.71 bits per heavy atom. The van der Waals surface area contributed by atoms with Crippen LogP contribution < -0.4 is 0 Å². The Labute approximate surface area is 112 Å². The molecule has 0 saturated heterocycles. The van der Waals surface area contributed by atoms with E-state index >= 15 is 0 Å². The maximum absolute atomic E-state index is 9.25. The smallest absolute Gasteiger partial charge is 0.135 e. The minimum absolute atomic E-state index is 0.263. The van der Waals surface area contributed by atoms with Gasteiger partial charge in [0.2, 0.25) is 0 Å². The van der Waals surface area contributed by atoms with Crippen molar-refractivity contribution in [3.05, 3.63) is 52.1 Å². The van der Waals surface area contributed by atoms with Gasteiger partial charge < -0.3 is 9.52 Å². The molecular weight excluding hydrogens is 325 g/mol. The van der Waals surface area contributed by atoms with Gasteiger partial charge >= 0.3 is 0 Å². The predicted octanol–water partition coefficient (Wildman–Crippen LogP) is 4.41. The molecule has 17 heavy (non-hydrogen) atoms. The number of phenolic OH excluding ortho intramolecular Hbond substituents is 1. The molecule has 0 aliphatic carbocycles. The number of halogens is 1. The highest BCUT2D eigenvalue weighted by atomic mass is 125. The Morgan fingerprint density at radius 1 is 0.941 bits per heavy atom. The van der Waals surface area contributed by atoms with Crippen LogP contribution in [0.3, 0.4) is 0 Å². The molecule has 84 valence electrons. The van der Waals surface area contributed by atoms with Crippen molar-refractivity contribution in [1.82, 2.24) is 0 Å². The summed E-state index contributed by atoms with van der Waals surface area (Å²) in [5.41, 5.74) is 1.85. The number of furan rings is 1. The van der Waals surface area contributed by atoms with Crippen molar-refractivity contribution in [2.75, 3.05) is 0 Å². The van der Waals surface area contributed by atoms with Gasteiger partial charge in [0.1, 0.15) is 17.1 Å². The summed E-state index contributed by atoms with van der Waals surface area (Å²) in [6.45, 7) is 0. The van der Waals surface area contributed by atoms with E-state index in [0.717, 1.165) is 22.3 Å². The summed E-state index contributed by atoms with van der Waals surface area (Å²) in [7, 11) is 0. The van der Waals surface area contributed by atoms with E-state index in [0.29, 0.717) is 0 Å². The highest BCUT2D eigenvalue weighted by Gasteiger charge is 2.06. The summed E-state index contributed by atoms with van der Waals surface area (Å²) < 4.78 is 6.95. The van der Waals surface area contributed by atoms with Crippen molar-refractivity contribution >= 4 is 33.6 Å². The van der Waals surface area contributed by atoms with Crippen molar-refractivity contribution in [3.8, 4) is 17.1 Å². The van der Waals surface area contributed by atoms with Crippen LogP contribution in [0.25, 0.3) is 22.3 Å². The third-order valence-electron chi connectivity index (χ3n) is 2.63. The van der Waals surface area contributed by atoms with Crippen molar-refractivity contribution in [3.63, 3.8) is 0 Å². The van der Waals surface area contributed by atoms with Gasteiger partial charge in [0.25, 0.3) is 0 Å². The zero-order valence-corrected chi connectivity index (χ0v) is 11.0. The minimum Gasteiger partial charge on any atom is -0.508 e. The fraction of sp³-hybridized carbons (Fsp3) is 0. The van der Waals surface area contributed by atoms with E-state index in [9.17, 15) is 5.11 Å². The molecule has 1 N–H and O–H groups in total. The molecule has 3 rings (SSSR count). The van der Waals surface area contributed by atoms with E-state index in [1.807, 2.05) is 30.3 Å². The van der Waals surface area contributed by atoms with Crippen molar-refractivity contribution in [2.45, 2.75) is 0 Å². The lowest BCUT2D eigenvalue weighted by atomic mass is 10.1. The lowest BCUT2D eigenvalue weighted by molar-refractivity contribution is 0.475. The molecule has 0 bridgehead atoms. The van der Waals surface area contributed by atoms with Gasteiger partial charge in [0.05, 0.1) is 0 Å². The molecule has 0 aliphatic rings. The van der Waals surface area contributed by atoms with E-state index in [1.165, 1.54) is 3.57 Å². The molecule has 3 heteroatoms. The molecule has 1 heterocycles. The monoisotopic (exact) mass is 334 g/mol. The quantitative estimate of drug-likeness (QED) is 0.669. The fourth-order valence-corrected chi connectivity index (χ4v) is 2.30. The lowest BCUT2D eigenvalue weighted by Gasteiger charge is -1.95. The predicted molar refractivity (Wildman–Crippen MR) is 76.0 cm³/mol. The van der Waals surface area contributed by atoms with Crippen LogP contribution in [0.15, 0.2) is 52.9 Å². The first kappa shape index (κ1) is 10.7. The van der Waals surface area contributed by atoms with Gasteiger partial charge in [0.15, 0.2) is 0 Å². The van der Waals surface area contributed by atoms with Crippen LogP contribution in [0.1, 0.15) is 0 Å². The Morgan fingerprint density at radius 3 is 2.47 bits per heavy atom. The summed E-state index contributed by atoms with van der Waals surface area (Å²) in [5, 5.41) is 10.3. The molecule has 0 saturated carbocycles. The highest BCUT2D eigenvalue weighted by molar-refractivity contribution is 14.1. The third-order valence-corrected chi connectivity index (χ3v) is 3.30. The molecular formula is C14H9IO2. The fourth-order valence-electron chi connectivity index (χ4n) is 1.78. The third kappa shape index (κ3) is 2.02. The van der Waals surface area contributed by atoms with E-state index in [1.54, 1.807) is 12.1 Å². The summed E-state index contributed by atoms with van der Waals surface area (Å²) in [5.74, 6) is 1.08. The summed E-state index contributed by atoms with van der Waals surface area (Å²) >= 11 is 2.28. The zero-order valence-electron chi connectivity index (χ0n) is 8.85. The Bertz CT molecular complexity index is 668. The summed E-state index contributed by atoms with van der Waals surface area (Å²) in [4.78, 5) is 0. The van der Waals surface area contributed by atoms with Gasteiger partial charge in [-0.2, -0.15) is 0 Å². The molecule has 0 atom stereocenters. The van der Waals surface area contributed by atoms with Gasteiger partial charge in [-0.05, 0) is 71.1 Å². The topological polar surface area (TPSA) is 33.4 Å². The number of fused-ring (bicyclic) bond motifs is 1. The second kappa shape index (κ2) is 4.07.